The number of hydrogen-bond donors (Lipinski definition) is 2. The van der Waals surface area contributed by atoms with Crippen LogP contribution in [0.1, 0.15) is 45.9 Å². The van der Waals surface area contributed by atoms with E-state index in [9.17, 15) is 9.18 Å². The first-order valence-corrected chi connectivity index (χ1v) is 11.6. The number of aromatic nitrogens is 2. The highest BCUT2D eigenvalue weighted by Crippen LogP contribution is 2.35. The van der Waals surface area contributed by atoms with Gasteiger partial charge in [-0.3, -0.25) is 4.79 Å². The number of anilines is 1. The molecule has 1 fully saturated rings. The predicted octanol–water partition coefficient (Wildman–Crippen LogP) is 6.04. The van der Waals surface area contributed by atoms with Gasteiger partial charge in [0.1, 0.15) is 5.15 Å². The van der Waals surface area contributed by atoms with Crippen molar-refractivity contribution in [1.29, 1.82) is 0 Å². The molecule has 0 bridgehead atoms. The van der Waals surface area contributed by atoms with E-state index in [4.69, 9.17) is 23.2 Å². The number of carbonyl (C=O) groups is 1. The van der Waals surface area contributed by atoms with Gasteiger partial charge in [0, 0.05) is 28.3 Å². The number of piperidine rings is 1. The number of pyridine rings is 2. The minimum atomic E-state index is -1.17. The van der Waals surface area contributed by atoms with Gasteiger partial charge < -0.3 is 10.6 Å². The molecule has 3 aromatic rings. The smallest absolute Gasteiger partial charge is 0.255 e. The van der Waals surface area contributed by atoms with Crippen LogP contribution in [-0.4, -0.2) is 29.0 Å². The van der Waals surface area contributed by atoms with Crippen LogP contribution in [0.25, 0.3) is 6.08 Å². The van der Waals surface area contributed by atoms with E-state index < -0.39 is 17.7 Å². The molecule has 1 amide bonds. The largest absolute Gasteiger partial charge is 0.320 e. The summed E-state index contributed by atoms with van der Waals surface area (Å²) in [7, 11) is 0. The lowest BCUT2D eigenvalue weighted by Gasteiger charge is -2.26. The molecular weight excluding hydrogens is 481 g/mol. The number of amides is 1. The summed E-state index contributed by atoms with van der Waals surface area (Å²) in [5, 5.41) is 6.78. The van der Waals surface area contributed by atoms with Gasteiger partial charge in [-0.1, -0.05) is 47.5 Å². The van der Waals surface area contributed by atoms with Crippen molar-refractivity contribution in [2.45, 2.75) is 25.2 Å². The highest BCUT2D eigenvalue weighted by molar-refractivity contribution is 6.30. The second-order valence-corrected chi connectivity index (χ2v) is 8.78. The maximum Gasteiger partial charge on any atom is 0.255 e. The van der Waals surface area contributed by atoms with Crippen LogP contribution < -0.4 is 10.6 Å². The molecule has 0 atom stereocenters. The van der Waals surface area contributed by atoms with Gasteiger partial charge in [0.15, 0.2) is 5.82 Å². The lowest BCUT2D eigenvalue weighted by atomic mass is 9.91. The fourth-order valence-corrected chi connectivity index (χ4v) is 4.24. The molecule has 1 aromatic carbocycles. The van der Waals surface area contributed by atoms with Crippen molar-refractivity contribution in [2.75, 3.05) is 18.4 Å². The summed E-state index contributed by atoms with van der Waals surface area (Å²) in [6, 6.07) is 10.0. The monoisotopic (exact) mass is 502 g/mol. The summed E-state index contributed by atoms with van der Waals surface area (Å²) in [6.45, 7) is 1.45. The van der Waals surface area contributed by atoms with Crippen LogP contribution in [-0.2, 0) is 6.42 Å². The van der Waals surface area contributed by atoms with Gasteiger partial charge in [0.2, 0.25) is 5.95 Å². The van der Waals surface area contributed by atoms with Crippen LogP contribution in [0.5, 0.6) is 0 Å². The first-order valence-electron chi connectivity index (χ1n) is 10.9. The number of nitrogens with one attached hydrogen (secondary N) is 2. The van der Waals surface area contributed by atoms with Crippen molar-refractivity contribution in [1.82, 2.24) is 15.3 Å². The molecule has 2 N–H and O–H groups in total. The normalized spacial score (nSPS) is 14.5. The molecule has 9 heteroatoms. The zero-order valence-electron chi connectivity index (χ0n) is 18.1. The lowest BCUT2D eigenvalue weighted by Crippen LogP contribution is -2.28. The van der Waals surface area contributed by atoms with Crippen LogP contribution in [0.15, 0.2) is 48.7 Å². The highest BCUT2D eigenvalue weighted by Gasteiger charge is 2.27. The average molecular weight is 503 g/mol. The van der Waals surface area contributed by atoms with Gasteiger partial charge in [-0.05, 0) is 62.2 Å². The van der Waals surface area contributed by atoms with E-state index in [2.05, 4.69) is 20.6 Å². The summed E-state index contributed by atoms with van der Waals surface area (Å²) in [5.74, 6) is -2.88. The second-order valence-electron chi connectivity index (χ2n) is 7.96. The number of hydrogen-bond acceptors (Lipinski definition) is 4. The van der Waals surface area contributed by atoms with Crippen LogP contribution in [0, 0.1) is 11.8 Å². The Kier molecular flexibility index (Phi) is 7.88. The summed E-state index contributed by atoms with van der Waals surface area (Å²) in [5.41, 5.74) is 1.70. The summed E-state index contributed by atoms with van der Waals surface area (Å²) in [6.07, 6.45) is 6.35. The molecule has 5 nitrogen and oxygen atoms in total. The third kappa shape index (κ3) is 5.78. The molecule has 1 aliphatic rings. The molecule has 0 saturated carbocycles. The van der Waals surface area contributed by atoms with Crippen molar-refractivity contribution >= 4 is 40.9 Å². The molecule has 3 heterocycles. The molecule has 4 rings (SSSR count). The Bertz CT molecular complexity index is 1210. The number of nitrogens with zero attached hydrogens (tertiary/aromatic N) is 2. The average Bonchev–Trinajstić information content (AvgIpc) is 2.84. The van der Waals surface area contributed by atoms with Crippen LogP contribution >= 0.6 is 23.2 Å². The Morgan fingerprint density at radius 1 is 1.15 bits per heavy atom. The van der Waals surface area contributed by atoms with Gasteiger partial charge in [-0.2, -0.15) is 4.39 Å². The van der Waals surface area contributed by atoms with E-state index in [-0.39, 0.29) is 34.3 Å². The van der Waals surface area contributed by atoms with Crippen molar-refractivity contribution in [3.63, 3.8) is 0 Å². The molecule has 0 radical (unpaired) electrons. The fourth-order valence-electron chi connectivity index (χ4n) is 3.94. The Morgan fingerprint density at radius 3 is 2.59 bits per heavy atom. The van der Waals surface area contributed by atoms with Gasteiger partial charge in [-0.15, -0.1) is 0 Å². The van der Waals surface area contributed by atoms with Crippen LogP contribution in [0.2, 0.25) is 10.2 Å². The Hall–Kier alpha value is -2.87. The molecule has 0 spiro atoms. The van der Waals surface area contributed by atoms with Crippen molar-refractivity contribution in [2.24, 2.45) is 0 Å². The van der Waals surface area contributed by atoms with E-state index >= 15 is 4.39 Å². The number of carbonyl (C=O) groups excluding carboxylic acids is 1. The number of allylic oxidation sites excluding steroid dienone is 1. The number of rotatable bonds is 6. The van der Waals surface area contributed by atoms with Crippen molar-refractivity contribution in [3.8, 4) is 0 Å². The SMILES string of the molecule is O=C(Nc1c(C2CCNCC2)nc(F)c(F)c1C/C=C/c1ccc(Cl)cc1)c1ccnc(Cl)c1. The van der Waals surface area contributed by atoms with Gasteiger partial charge in [0.05, 0.1) is 11.4 Å². The van der Waals surface area contributed by atoms with E-state index in [0.717, 1.165) is 18.7 Å². The molecule has 0 aliphatic carbocycles. The van der Waals surface area contributed by atoms with Gasteiger partial charge >= 0.3 is 0 Å². The minimum absolute atomic E-state index is 0.0414. The Balaban J connectivity index is 1.72. The molecular formula is C25H22Cl2F2N4O. The number of benzene rings is 1. The summed E-state index contributed by atoms with van der Waals surface area (Å²) >= 11 is 11.8. The molecule has 34 heavy (non-hydrogen) atoms. The van der Waals surface area contributed by atoms with E-state index in [1.165, 1.54) is 18.3 Å². The first-order chi connectivity index (χ1) is 16.4. The number of halogens is 4. The Labute approximate surface area is 206 Å². The third-order valence-corrected chi connectivity index (χ3v) is 6.14. The van der Waals surface area contributed by atoms with Gasteiger partial charge in [-0.25, -0.2) is 14.4 Å². The van der Waals surface area contributed by atoms with E-state index in [0.29, 0.717) is 23.6 Å². The molecule has 0 unspecified atom stereocenters. The fraction of sp³-hybridized carbons (Fsp3) is 0.240. The molecule has 2 aromatic heterocycles. The minimum Gasteiger partial charge on any atom is -0.320 e. The van der Waals surface area contributed by atoms with Crippen molar-refractivity contribution in [3.05, 3.63) is 93.0 Å². The van der Waals surface area contributed by atoms with Crippen LogP contribution in [0.4, 0.5) is 14.5 Å². The van der Waals surface area contributed by atoms with E-state index in [1.807, 2.05) is 12.1 Å². The third-order valence-electron chi connectivity index (χ3n) is 5.68. The summed E-state index contributed by atoms with van der Waals surface area (Å²) in [4.78, 5) is 20.8. The first kappa shape index (κ1) is 24.3. The van der Waals surface area contributed by atoms with Crippen molar-refractivity contribution < 1.29 is 13.6 Å². The maximum atomic E-state index is 15.0. The Morgan fingerprint density at radius 2 is 1.88 bits per heavy atom. The van der Waals surface area contributed by atoms with Crippen LogP contribution in [0.3, 0.4) is 0 Å². The quantitative estimate of drug-likeness (QED) is 0.403. The topological polar surface area (TPSA) is 66.9 Å². The predicted molar refractivity (Wildman–Crippen MR) is 130 cm³/mol. The molecule has 1 saturated heterocycles. The van der Waals surface area contributed by atoms with E-state index in [1.54, 1.807) is 24.3 Å². The zero-order valence-corrected chi connectivity index (χ0v) is 19.6. The van der Waals surface area contributed by atoms with Gasteiger partial charge in [0.25, 0.3) is 5.91 Å². The highest BCUT2D eigenvalue weighted by atomic mass is 35.5. The molecule has 176 valence electrons. The standard InChI is InChI=1S/C25H22Cl2F2N4O/c26-18-6-4-15(5-7-18)2-1-3-19-21(28)24(29)32-22(16-8-11-30-12-9-16)23(19)33-25(34)17-10-13-31-20(27)14-17/h1-2,4-7,10,13-14,16,30H,3,8-9,11-12H2,(H,33,34)/b2-1+. The zero-order chi connectivity index (χ0) is 24.1. The summed E-state index contributed by atoms with van der Waals surface area (Å²) < 4.78 is 29.6. The molecule has 1 aliphatic heterocycles. The lowest BCUT2D eigenvalue weighted by molar-refractivity contribution is 0.102. The second kappa shape index (κ2) is 11.0. The maximum absolute atomic E-state index is 15.0.